The van der Waals surface area contributed by atoms with E-state index >= 15 is 0 Å². The molecular formula is C15H15Cl2N3S. The van der Waals surface area contributed by atoms with Crippen LogP contribution in [-0.2, 0) is 0 Å². The maximum atomic E-state index is 6.34. The van der Waals surface area contributed by atoms with Gasteiger partial charge in [-0.1, -0.05) is 24.6 Å². The number of rotatable bonds is 4. The molecule has 3 aromatic rings. The largest absolute Gasteiger partial charge is 0.303 e. The van der Waals surface area contributed by atoms with Crippen LogP contribution in [0.1, 0.15) is 42.4 Å². The minimum atomic E-state index is -0.188. The van der Waals surface area contributed by atoms with E-state index in [-0.39, 0.29) is 11.4 Å². The molecule has 110 valence electrons. The van der Waals surface area contributed by atoms with E-state index in [1.807, 2.05) is 13.0 Å². The van der Waals surface area contributed by atoms with E-state index < -0.39 is 0 Å². The summed E-state index contributed by atoms with van der Waals surface area (Å²) in [7, 11) is 0. The molecule has 3 rings (SSSR count). The summed E-state index contributed by atoms with van der Waals surface area (Å²) in [5.74, 6) is 0.835. The highest BCUT2D eigenvalue weighted by Gasteiger charge is 2.23. The van der Waals surface area contributed by atoms with E-state index in [9.17, 15) is 0 Å². The Labute approximate surface area is 137 Å². The summed E-state index contributed by atoms with van der Waals surface area (Å²) in [6.07, 6.45) is 2.61. The van der Waals surface area contributed by atoms with E-state index in [0.29, 0.717) is 5.02 Å². The highest BCUT2D eigenvalue weighted by molar-refractivity contribution is 7.10. The smallest absolute Gasteiger partial charge is 0.160 e. The van der Waals surface area contributed by atoms with Gasteiger partial charge < -0.3 is 4.57 Å². The number of thiophene rings is 1. The molecule has 0 bridgehead atoms. The summed E-state index contributed by atoms with van der Waals surface area (Å²) in [6, 6.07) is 6.24. The molecule has 21 heavy (non-hydrogen) atoms. The van der Waals surface area contributed by atoms with Crippen LogP contribution in [-0.4, -0.2) is 14.5 Å². The van der Waals surface area contributed by atoms with Crippen LogP contribution in [0.2, 0.25) is 5.02 Å². The molecule has 0 aliphatic rings. The summed E-state index contributed by atoms with van der Waals surface area (Å²) < 4.78 is 2.15. The second-order valence-corrected chi connectivity index (χ2v) is 6.96. The van der Waals surface area contributed by atoms with Crippen LogP contribution in [0.4, 0.5) is 0 Å². The van der Waals surface area contributed by atoms with Crippen molar-refractivity contribution in [1.82, 2.24) is 14.5 Å². The third kappa shape index (κ3) is 2.68. The van der Waals surface area contributed by atoms with Crippen molar-refractivity contribution >= 4 is 45.7 Å². The summed E-state index contributed by atoms with van der Waals surface area (Å²) in [5.41, 5.74) is 1.63. The molecule has 0 spiro atoms. The summed E-state index contributed by atoms with van der Waals surface area (Å²) in [5, 5.41) is 2.49. The standard InChI is InChI=1S/C15H15Cl2N3S/c1-3-12(13-5-4-6-21-13)20-14(9(2)16)19-11-7-10(17)8-18-15(11)20/h4-9,12H,3H2,1-2H3. The van der Waals surface area contributed by atoms with E-state index in [2.05, 4.69) is 39.0 Å². The lowest BCUT2D eigenvalue weighted by atomic mass is 10.1. The van der Waals surface area contributed by atoms with Gasteiger partial charge in [0.2, 0.25) is 0 Å². The maximum absolute atomic E-state index is 6.34. The zero-order valence-corrected chi connectivity index (χ0v) is 14.1. The van der Waals surface area contributed by atoms with Crippen LogP contribution in [0.25, 0.3) is 11.2 Å². The number of hydrogen-bond acceptors (Lipinski definition) is 3. The first-order chi connectivity index (χ1) is 10.1. The van der Waals surface area contributed by atoms with Gasteiger partial charge in [0.25, 0.3) is 0 Å². The van der Waals surface area contributed by atoms with Gasteiger partial charge in [0.1, 0.15) is 11.3 Å². The van der Waals surface area contributed by atoms with Gasteiger partial charge in [-0.25, -0.2) is 9.97 Å². The zero-order valence-electron chi connectivity index (χ0n) is 11.8. The van der Waals surface area contributed by atoms with Gasteiger partial charge >= 0.3 is 0 Å². The van der Waals surface area contributed by atoms with Gasteiger partial charge in [0.05, 0.1) is 16.4 Å². The van der Waals surface area contributed by atoms with Crippen LogP contribution in [0, 0.1) is 0 Å². The lowest BCUT2D eigenvalue weighted by molar-refractivity contribution is 0.560. The Balaban J connectivity index is 2.26. The fraction of sp³-hybridized carbons (Fsp3) is 0.333. The number of nitrogens with zero attached hydrogens (tertiary/aromatic N) is 3. The number of halogens is 2. The van der Waals surface area contributed by atoms with Crippen molar-refractivity contribution in [3.8, 4) is 0 Å². The monoisotopic (exact) mass is 339 g/mol. The van der Waals surface area contributed by atoms with Gasteiger partial charge in [-0.2, -0.15) is 0 Å². The average molecular weight is 340 g/mol. The van der Waals surface area contributed by atoms with Crippen molar-refractivity contribution in [2.75, 3.05) is 0 Å². The Morgan fingerprint density at radius 3 is 2.86 bits per heavy atom. The van der Waals surface area contributed by atoms with Gasteiger partial charge in [0, 0.05) is 11.1 Å². The molecule has 0 amide bonds. The number of pyridine rings is 1. The van der Waals surface area contributed by atoms with Gasteiger partial charge in [-0.15, -0.1) is 22.9 Å². The first-order valence-corrected chi connectivity index (χ1v) is 8.52. The predicted molar refractivity (Wildman–Crippen MR) is 89.6 cm³/mol. The molecule has 0 aliphatic heterocycles. The van der Waals surface area contributed by atoms with Gasteiger partial charge in [-0.3, -0.25) is 0 Å². The molecule has 0 saturated heterocycles. The van der Waals surface area contributed by atoms with Crippen LogP contribution in [0.5, 0.6) is 0 Å². The Morgan fingerprint density at radius 2 is 2.24 bits per heavy atom. The minimum Gasteiger partial charge on any atom is -0.303 e. The molecule has 3 nitrogen and oxygen atoms in total. The van der Waals surface area contributed by atoms with E-state index in [1.54, 1.807) is 17.5 Å². The van der Waals surface area contributed by atoms with Crippen LogP contribution >= 0.6 is 34.5 Å². The van der Waals surface area contributed by atoms with Gasteiger partial charge in [-0.05, 0) is 30.9 Å². The molecule has 2 atom stereocenters. The average Bonchev–Trinajstić information content (AvgIpc) is 3.08. The van der Waals surface area contributed by atoms with E-state index in [4.69, 9.17) is 23.2 Å². The van der Waals surface area contributed by atoms with Crippen molar-refractivity contribution in [2.24, 2.45) is 0 Å². The molecule has 6 heteroatoms. The molecule has 2 unspecified atom stereocenters. The molecular weight excluding hydrogens is 325 g/mol. The molecule has 0 N–H and O–H groups in total. The fourth-order valence-electron chi connectivity index (χ4n) is 2.55. The third-order valence-electron chi connectivity index (χ3n) is 3.45. The number of alkyl halides is 1. The molecule has 0 aliphatic carbocycles. The van der Waals surface area contributed by atoms with Crippen LogP contribution in [0.3, 0.4) is 0 Å². The van der Waals surface area contributed by atoms with Crippen molar-refractivity contribution in [2.45, 2.75) is 31.7 Å². The SMILES string of the molecule is CCC(c1cccs1)n1c(C(C)Cl)nc2cc(Cl)cnc21. The van der Waals surface area contributed by atoms with E-state index in [0.717, 1.165) is 23.4 Å². The van der Waals surface area contributed by atoms with Crippen LogP contribution in [0.15, 0.2) is 29.8 Å². The maximum Gasteiger partial charge on any atom is 0.160 e. The summed E-state index contributed by atoms with van der Waals surface area (Å²) in [6.45, 7) is 4.09. The lowest BCUT2D eigenvalue weighted by Gasteiger charge is -2.19. The summed E-state index contributed by atoms with van der Waals surface area (Å²) >= 11 is 14.1. The quantitative estimate of drug-likeness (QED) is 0.592. The molecule has 3 heterocycles. The first-order valence-electron chi connectivity index (χ1n) is 6.82. The Bertz CT molecular complexity index is 750. The van der Waals surface area contributed by atoms with Crippen molar-refractivity contribution < 1.29 is 0 Å². The Kier molecular flexibility index (Phi) is 4.20. The number of aromatic nitrogens is 3. The molecule has 0 saturated carbocycles. The fourth-order valence-corrected chi connectivity index (χ4v) is 3.76. The Hall–Kier alpha value is -1.10. The molecule has 3 aromatic heterocycles. The molecule has 0 aromatic carbocycles. The zero-order chi connectivity index (χ0) is 15.0. The first kappa shape index (κ1) is 14.8. The van der Waals surface area contributed by atoms with E-state index in [1.165, 1.54) is 4.88 Å². The highest BCUT2D eigenvalue weighted by Crippen LogP contribution is 2.34. The number of hydrogen-bond donors (Lipinski definition) is 0. The van der Waals surface area contributed by atoms with Crippen molar-refractivity contribution in [1.29, 1.82) is 0 Å². The minimum absolute atomic E-state index is 0.188. The predicted octanol–water partition coefficient (Wildman–Crippen LogP) is 5.45. The molecule has 0 fully saturated rings. The highest BCUT2D eigenvalue weighted by atomic mass is 35.5. The topological polar surface area (TPSA) is 30.7 Å². The van der Waals surface area contributed by atoms with Crippen LogP contribution < -0.4 is 0 Å². The third-order valence-corrected chi connectivity index (χ3v) is 4.83. The van der Waals surface area contributed by atoms with Gasteiger partial charge in [0.15, 0.2) is 5.65 Å². The number of imidazole rings is 1. The van der Waals surface area contributed by atoms with Crippen molar-refractivity contribution in [3.63, 3.8) is 0 Å². The number of fused-ring (bicyclic) bond motifs is 1. The lowest BCUT2D eigenvalue weighted by Crippen LogP contribution is -2.13. The molecule has 0 radical (unpaired) electrons. The summed E-state index contributed by atoms with van der Waals surface area (Å²) in [4.78, 5) is 10.4. The Morgan fingerprint density at radius 1 is 1.43 bits per heavy atom. The van der Waals surface area contributed by atoms with Crippen molar-refractivity contribution in [3.05, 3.63) is 45.5 Å². The second kappa shape index (κ2) is 5.95. The normalized spacial score (nSPS) is 14.5. The second-order valence-electron chi connectivity index (χ2n) is 4.89.